The van der Waals surface area contributed by atoms with Crippen molar-refractivity contribution in [3.63, 3.8) is 0 Å². The molecule has 0 saturated carbocycles. The number of piperazine rings is 1. The number of esters is 1. The maximum Gasteiger partial charge on any atom is 0.323 e. The summed E-state index contributed by atoms with van der Waals surface area (Å²) >= 11 is 0. The van der Waals surface area contributed by atoms with Gasteiger partial charge in [0.1, 0.15) is 11.9 Å². The van der Waals surface area contributed by atoms with E-state index >= 15 is 0 Å². The molecule has 7 heteroatoms. The lowest BCUT2D eigenvalue weighted by Crippen LogP contribution is -2.52. The molecule has 0 bridgehead atoms. The lowest BCUT2D eigenvalue weighted by molar-refractivity contribution is -0.153. The summed E-state index contributed by atoms with van der Waals surface area (Å²) in [5.41, 5.74) is 0.968. The van der Waals surface area contributed by atoms with Crippen molar-refractivity contribution in [3.8, 4) is 0 Å². The Kier molecular flexibility index (Phi) is 6.94. The second-order valence-electron chi connectivity index (χ2n) is 5.88. The SMILES string of the molecule is C=CCNC(=O)COC(=O)[C@@H](C)N1CCN(c2ccc(F)cc2)CC1. The normalized spacial score (nSPS) is 16.2. The summed E-state index contributed by atoms with van der Waals surface area (Å²) in [5, 5.41) is 2.55. The van der Waals surface area contributed by atoms with Crippen LogP contribution in [0.15, 0.2) is 36.9 Å². The minimum Gasteiger partial charge on any atom is -0.454 e. The Morgan fingerprint density at radius 1 is 1.28 bits per heavy atom. The van der Waals surface area contributed by atoms with Gasteiger partial charge in [-0.15, -0.1) is 6.58 Å². The van der Waals surface area contributed by atoms with Crippen molar-refractivity contribution in [3.05, 3.63) is 42.7 Å². The van der Waals surface area contributed by atoms with Crippen molar-refractivity contribution in [2.24, 2.45) is 0 Å². The van der Waals surface area contributed by atoms with E-state index in [2.05, 4.69) is 16.8 Å². The van der Waals surface area contributed by atoms with Crippen LogP contribution >= 0.6 is 0 Å². The molecule has 1 aliphatic rings. The van der Waals surface area contributed by atoms with E-state index in [-0.39, 0.29) is 18.3 Å². The summed E-state index contributed by atoms with van der Waals surface area (Å²) in [5.74, 6) is -1.01. The van der Waals surface area contributed by atoms with Gasteiger partial charge < -0.3 is 15.0 Å². The molecule has 0 radical (unpaired) electrons. The van der Waals surface area contributed by atoms with E-state index in [9.17, 15) is 14.0 Å². The Hall–Kier alpha value is -2.41. The van der Waals surface area contributed by atoms with Crippen LogP contribution in [-0.4, -0.2) is 62.1 Å². The van der Waals surface area contributed by atoms with Gasteiger partial charge in [-0.2, -0.15) is 0 Å². The molecule has 25 heavy (non-hydrogen) atoms. The minimum absolute atomic E-state index is 0.254. The van der Waals surface area contributed by atoms with Crippen molar-refractivity contribution in [2.75, 3.05) is 44.2 Å². The zero-order valence-electron chi connectivity index (χ0n) is 14.4. The van der Waals surface area contributed by atoms with E-state index in [0.717, 1.165) is 18.8 Å². The summed E-state index contributed by atoms with van der Waals surface area (Å²) in [6.45, 7) is 8.19. The van der Waals surface area contributed by atoms with Crippen molar-refractivity contribution in [2.45, 2.75) is 13.0 Å². The van der Waals surface area contributed by atoms with Gasteiger partial charge >= 0.3 is 5.97 Å². The third-order valence-corrected chi connectivity index (χ3v) is 4.18. The zero-order valence-corrected chi connectivity index (χ0v) is 14.4. The Morgan fingerprint density at radius 3 is 2.52 bits per heavy atom. The maximum atomic E-state index is 13.0. The second-order valence-corrected chi connectivity index (χ2v) is 5.88. The molecule has 1 fully saturated rings. The molecular weight excluding hydrogens is 325 g/mol. The third-order valence-electron chi connectivity index (χ3n) is 4.18. The van der Waals surface area contributed by atoms with Crippen molar-refractivity contribution in [1.82, 2.24) is 10.2 Å². The van der Waals surface area contributed by atoms with Crippen molar-refractivity contribution >= 4 is 17.6 Å². The predicted octanol–water partition coefficient (Wildman–Crippen LogP) is 1.18. The largest absolute Gasteiger partial charge is 0.454 e. The van der Waals surface area contributed by atoms with Gasteiger partial charge in [-0.05, 0) is 31.2 Å². The second kappa shape index (κ2) is 9.17. The van der Waals surface area contributed by atoms with Crippen molar-refractivity contribution < 1.29 is 18.7 Å². The van der Waals surface area contributed by atoms with E-state index in [1.165, 1.54) is 12.1 Å². The van der Waals surface area contributed by atoms with Crippen LogP contribution in [0.25, 0.3) is 0 Å². The summed E-state index contributed by atoms with van der Waals surface area (Å²) in [7, 11) is 0. The Balaban J connectivity index is 1.77. The van der Waals surface area contributed by atoms with Crippen LogP contribution in [0.1, 0.15) is 6.92 Å². The first-order valence-electron chi connectivity index (χ1n) is 8.30. The number of amides is 1. The average Bonchev–Trinajstić information content (AvgIpc) is 2.64. The number of carbonyl (C=O) groups is 2. The molecule has 6 nitrogen and oxygen atoms in total. The van der Waals surface area contributed by atoms with Gasteiger partial charge in [-0.3, -0.25) is 14.5 Å². The highest BCUT2D eigenvalue weighted by Gasteiger charge is 2.27. The average molecular weight is 349 g/mol. The van der Waals surface area contributed by atoms with Crippen LogP contribution in [0.2, 0.25) is 0 Å². The van der Waals surface area contributed by atoms with Crippen molar-refractivity contribution in [1.29, 1.82) is 0 Å². The molecule has 1 heterocycles. The number of nitrogens with zero attached hydrogens (tertiary/aromatic N) is 2. The molecule has 1 N–H and O–H groups in total. The highest BCUT2D eigenvalue weighted by molar-refractivity contribution is 5.82. The summed E-state index contributed by atoms with van der Waals surface area (Å²) in [6, 6.07) is 5.98. The molecule has 0 aromatic heterocycles. The molecule has 1 atom stereocenters. The standard InChI is InChI=1S/C18H24FN3O3/c1-3-8-20-17(23)13-25-18(24)14(2)21-9-11-22(12-10-21)16-6-4-15(19)5-7-16/h3-7,14H,1,8-13H2,2H3,(H,20,23)/t14-/m1/s1. The van der Waals surface area contributed by atoms with Gasteiger partial charge in [0.25, 0.3) is 5.91 Å². The molecule has 1 aromatic rings. The quantitative estimate of drug-likeness (QED) is 0.592. The molecule has 1 saturated heterocycles. The fraction of sp³-hybridized carbons (Fsp3) is 0.444. The van der Waals surface area contributed by atoms with Gasteiger partial charge in [0.2, 0.25) is 0 Å². The molecule has 0 spiro atoms. The first-order valence-corrected chi connectivity index (χ1v) is 8.30. The summed E-state index contributed by atoms with van der Waals surface area (Å²) < 4.78 is 18.1. The van der Waals surface area contributed by atoms with E-state index in [1.807, 2.05) is 4.90 Å². The number of anilines is 1. The fourth-order valence-corrected chi connectivity index (χ4v) is 2.66. The molecule has 1 aromatic carbocycles. The predicted molar refractivity (Wildman–Crippen MR) is 93.8 cm³/mol. The first kappa shape index (κ1) is 18.9. The van der Waals surface area contributed by atoms with Gasteiger partial charge in [0.15, 0.2) is 6.61 Å². The monoisotopic (exact) mass is 349 g/mol. The number of hydrogen-bond donors (Lipinski definition) is 1. The molecule has 136 valence electrons. The zero-order chi connectivity index (χ0) is 18.2. The Morgan fingerprint density at radius 2 is 1.92 bits per heavy atom. The van der Waals surface area contributed by atoms with Crippen LogP contribution < -0.4 is 10.2 Å². The Labute approximate surface area is 147 Å². The summed E-state index contributed by atoms with van der Waals surface area (Å²) in [6.07, 6.45) is 1.56. The van der Waals surface area contributed by atoms with E-state index in [4.69, 9.17) is 4.74 Å². The number of carbonyl (C=O) groups excluding carboxylic acids is 2. The number of halogens is 1. The number of nitrogens with one attached hydrogen (secondary N) is 1. The molecule has 1 amide bonds. The lowest BCUT2D eigenvalue weighted by Gasteiger charge is -2.38. The third kappa shape index (κ3) is 5.56. The fourth-order valence-electron chi connectivity index (χ4n) is 2.66. The van der Waals surface area contributed by atoms with Gasteiger partial charge in [0.05, 0.1) is 0 Å². The lowest BCUT2D eigenvalue weighted by atomic mass is 10.2. The Bertz CT molecular complexity index is 598. The minimum atomic E-state index is -0.414. The van der Waals surface area contributed by atoms with E-state index < -0.39 is 12.0 Å². The summed E-state index contributed by atoms with van der Waals surface area (Å²) in [4.78, 5) is 27.7. The number of hydrogen-bond acceptors (Lipinski definition) is 5. The molecule has 0 unspecified atom stereocenters. The molecule has 0 aliphatic carbocycles. The number of rotatable bonds is 7. The van der Waals surface area contributed by atoms with E-state index in [1.54, 1.807) is 25.1 Å². The molecule has 2 rings (SSSR count). The molecule has 1 aliphatic heterocycles. The number of ether oxygens (including phenoxy) is 1. The van der Waals surface area contributed by atoms with Crippen LogP contribution in [0, 0.1) is 5.82 Å². The van der Waals surface area contributed by atoms with Crippen LogP contribution in [-0.2, 0) is 14.3 Å². The number of benzene rings is 1. The maximum absolute atomic E-state index is 13.0. The van der Waals surface area contributed by atoms with Crippen LogP contribution in [0.5, 0.6) is 0 Å². The van der Waals surface area contributed by atoms with Gasteiger partial charge in [0, 0.05) is 38.4 Å². The topological polar surface area (TPSA) is 61.9 Å². The van der Waals surface area contributed by atoms with E-state index in [0.29, 0.717) is 19.6 Å². The highest BCUT2D eigenvalue weighted by Crippen LogP contribution is 2.18. The first-order chi connectivity index (χ1) is 12.0. The van der Waals surface area contributed by atoms with Gasteiger partial charge in [-0.1, -0.05) is 6.08 Å². The molecular formula is C18H24FN3O3. The van der Waals surface area contributed by atoms with Crippen LogP contribution in [0.4, 0.5) is 10.1 Å². The van der Waals surface area contributed by atoms with Crippen LogP contribution in [0.3, 0.4) is 0 Å². The highest BCUT2D eigenvalue weighted by atomic mass is 19.1. The smallest absolute Gasteiger partial charge is 0.323 e. The van der Waals surface area contributed by atoms with Gasteiger partial charge in [-0.25, -0.2) is 4.39 Å².